The largest absolute Gasteiger partial charge is 0.390 e. The van der Waals surface area contributed by atoms with Crippen molar-refractivity contribution in [1.29, 1.82) is 0 Å². The number of anilines is 1. The van der Waals surface area contributed by atoms with Crippen molar-refractivity contribution < 1.29 is 9.90 Å². The Bertz CT molecular complexity index is 653. The zero-order chi connectivity index (χ0) is 13.9. The Balaban J connectivity index is 1.78. The molecule has 0 bridgehead atoms. The summed E-state index contributed by atoms with van der Waals surface area (Å²) in [4.78, 5) is 16.1. The van der Waals surface area contributed by atoms with Gasteiger partial charge in [-0.2, -0.15) is 0 Å². The molecular formula is C16H16N2O2. The number of benzene rings is 1. The van der Waals surface area contributed by atoms with Gasteiger partial charge in [-0.25, -0.2) is 0 Å². The molecule has 1 heterocycles. The highest BCUT2D eigenvalue weighted by atomic mass is 16.3. The van der Waals surface area contributed by atoms with Gasteiger partial charge in [0.25, 0.3) is 5.91 Å². The molecule has 0 unspecified atom stereocenters. The zero-order valence-corrected chi connectivity index (χ0v) is 11.1. The van der Waals surface area contributed by atoms with E-state index in [0.29, 0.717) is 11.3 Å². The Morgan fingerprint density at radius 1 is 1.20 bits per heavy atom. The molecule has 0 radical (unpaired) electrons. The SMILES string of the molecule is O=C(Nc1ccc2c(c1)CCC2)c1ccnc(CO)c1. The summed E-state index contributed by atoms with van der Waals surface area (Å²) in [7, 11) is 0. The number of pyridine rings is 1. The zero-order valence-electron chi connectivity index (χ0n) is 11.1. The Kier molecular flexibility index (Phi) is 3.48. The molecule has 0 aliphatic heterocycles. The molecule has 0 spiro atoms. The Morgan fingerprint density at radius 2 is 2.05 bits per heavy atom. The van der Waals surface area contributed by atoms with E-state index in [9.17, 15) is 4.79 Å². The number of aliphatic hydroxyl groups excluding tert-OH is 1. The molecule has 2 aromatic rings. The van der Waals surface area contributed by atoms with Gasteiger partial charge in [0.2, 0.25) is 0 Å². The summed E-state index contributed by atoms with van der Waals surface area (Å²) < 4.78 is 0. The molecule has 102 valence electrons. The minimum absolute atomic E-state index is 0.167. The number of aliphatic hydroxyl groups is 1. The van der Waals surface area contributed by atoms with Crippen molar-refractivity contribution >= 4 is 11.6 Å². The number of nitrogens with zero attached hydrogens (tertiary/aromatic N) is 1. The second-order valence-corrected chi connectivity index (χ2v) is 4.99. The maximum Gasteiger partial charge on any atom is 0.255 e. The number of aryl methyl sites for hydroxylation is 2. The molecule has 0 atom stereocenters. The lowest BCUT2D eigenvalue weighted by molar-refractivity contribution is 0.102. The van der Waals surface area contributed by atoms with Crippen molar-refractivity contribution in [2.75, 3.05) is 5.32 Å². The Hall–Kier alpha value is -2.20. The number of amides is 1. The smallest absolute Gasteiger partial charge is 0.255 e. The van der Waals surface area contributed by atoms with E-state index in [0.717, 1.165) is 18.5 Å². The maximum atomic E-state index is 12.2. The van der Waals surface area contributed by atoms with Gasteiger partial charge in [-0.15, -0.1) is 0 Å². The lowest BCUT2D eigenvalue weighted by Gasteiger charge is -2.08. The molecule has 0 saturated heterocycles. The molecule has 3 rings (SSSR count). The van der Waals surface area contributed by atoms with Crippen LogP contribution in [0.4, 0.5) is 5.69 Å². The quantitative estimate of drug-likeness (QED) is 0.898. The number of fused-ring (bicyclic) bond motifs is 1. The van der Waals surface area contributed by atoms with Crippen LogP contribution in [-0.4, -0.2) is 16.0 Å². The molecule has 4 heteroatoms. The van der Waals surface area contributed by atoms with E-state index in [-0.39, 0.29) is 12.5 Å². The van der Waals surface area contributed by atoms with Crippen LogP contribution in [0.2, 0.25) is 0 Å². The van der Waals surface area contributed by atoms with Crippen LogP contribution in [0.1, 0.15) is 33.6 Å². The van der Waals surface area contributed by atoms with Crippen molar-refractivity contribution in [3.63, 3.8) is 0 Å². The average Bonchev–Trinajstić information content (AvgIpc) is 2.95. The highest BCUT2D eigenvalue weighted by molar-refractivity contribution is 6.04. The predicted octanol–water partition coefficient (Wildman–Crippen LogP) is 2.31. The van der Waals surface area contributed by atoms with Crippen LogP contribution in [-0.2, 0) is 19.4 Å². The van der Waals surface area contributed by atoms with Gasteiger partial charge in [0, 0.05) is 17.4 Å². The number of carbonyl (C=O) groups excluding carboxylic acids is 1. The first-order chi connectivity index (χ1) is 9.76. The predicted molar refractivity (Wildman–Crippen MR) is 76.6 cm³/mol. The molecule has 2 N–H and O–H groups in total. The lowest BCUT2D eigenvalue weighted by atomic mass is 10.1. The van der Waals surface area contributed by atoms with Crippen molar-refractivity contribution in [1.82, 2.24) is 4.98 Å². The standard InChI is InChI=1S/C16H16N2O2/c19-10-15-9-13(6-7-17-15)16(20)18-14-5-4-11-2-1-3-12(11)8-14/h4-9,19H,1-3,10H2,(H,18,20). The lowest BCUT2D eigenvalue weighted by Crippen LogP contribution is -2.12. The molecule has 1 aliphatic rings. The van der Waals surface area contributed by atoms with E-state index in [4.69, 9.17) is 5.11 Å². The number of nitrogens with one attached hydrogen (secondary N) is 1. The number of aromatic nitrogens is 1. The third-order valence-electron chi connectivity index (χ3n) is 3.60. The van der Waals surface area contributed by atoms with Crippen molar-refractivity contribution in [3.8, 4) is 0 Å². The van der Waals surface area contributed by atoms with Crippen molar-refractivity contribution in [2.45, 2.75) is 25.9 Å². The molecule has 20 heavy (non-hydrogen) atoms. The molecule has 1 aromatic carbocycles. The van der Waals surface area contributed by atoms with Crippen LogP contribution in [0, 0.1) is 0 Å². The topological polar surface area (TPSA) is 62.2 Å². The van der Waals surface area contributed by atoms with E-state index in [1.807, 2.05) is 12.1 Å². The number of hydrogen-bond donors (Lipinski definition) is 2. The molecule has 0 fully saturated rings. The van der Waals surface area contributed by atoms with Crippen LogP contribution >= 0.6 is 0 Å². The number of carbonyl (C=O) groups is 1. The summed E-state index contributed by atoms with van der Waals surface area (Å²) in [5, 5.41) is 11.9. The normalized spacial score (nSPS) is 13.1. The first kappa shape index (κ1) is 12.8. The van der Waals surface area contributed by atoms with Crippen LogP contribution in [0.5, 0.6) is 0 Å². The summed E-state index contributed by atoms with van der Waals surface area (Å²) in [6, 6.07) is 9.32. The van der Waals surface area contributed by atoms with Crippen LogP contribution < -0.4 is 5.32 Å². The fourth-order valence-electron chi connectivity index (χ4n) is 2.56. The highest BCUT2D eigenvalue weighted by Crippen LogP contribution is 2.25. The third kappa shape index (κ3) is 2.56. The van der Waals surface area contributed by atoms with Gasteiger partial charge in [0.1, 0.15) is 0 Å². The van der Waals surface area contributed by atoms with E-state index >= 15 is 0 Å². The van der Waals surface area contributed by atoms with Gasteiger partial charge in [-0.1, -0.05) is 6.07 Å². The summed E-state index contributed by atoms with van der Waals surface area (Å²) in [5.41, 5.74) is 4.53. The van der Waals surface area contributed by atoms with Gasteiger partial charge in [0.15, 0.2) is 0 Å². The van der Waals surface area contributed by atoms with Gasteiger partial charge in [0.05, 0.1) is 12.3 Å². The van der Waals surface area contributed by atoms with E-state index < -0.39 is 0 Å². The summed E-state index contributed by atoms with van der Waals surface area (Å²) in [6.07, 6.45) is 4.94. The minimum Gasteiger partial charge on any atom is -0.390 e. The van der Waals surface area contributed by atoms with E-state index in [1.165, 1.54) is 23.7 Å². The van der Waals surface area contributed by atoms with Crippen LogP contribution in [0.25, 0.3) is 0 Å². The Labute approximate surface area is 117 Å². The second kappa shape index (κ2) is 5.43. The maximum absolute atomic E-state index is 12.2. The van der Waals surface area contributed by atoms with E-state index in [1.54, 1.807) is 12.1 Å². The average molecular weight is 268 g/mol. The van der Waals surface area contributed by atoms with Gasteiger partial charge in [-0.05, 0) is 54.7 Å². The second-order valence-electron chi connectivity index (χ2n) is 4.99. The van der Waals surface area contributed by atoms with Crippen molar-refractivity contribution in [3.05, 3.63) is 58.9 Å². The molecule has 0 saturated carbocycles. The van der Waals surface area contributed by atoms with Crippen LogP contribution in [0.15, 0.2) is 36.5 Å². The summed E-state index contributed by atoms with van der Waals surface area (Å²) >= 11 is 0. The summed E-state index contributed by atoms with van der Waals surface area (Å²) in [6.45, 7) is -0.167. The molecule has 1 aromatic heterocycles. The monoisotopic (exact) mass is 268 g/mol. The first-order valence-corrected chi connectivity index (χ1v) is 6.75. The van der Waals surface area contributed by atoms with Gasteiger partial charge >= 0.3 is 0 Å². The molecule has 1 aliphatic carbocycles. The number of hydrogen-bond acceptors (Lipinski definition) is 3. The van der Waals surface area contributed by atoms with E-state index in [2.05, 4.69) is 16.4 Å². The number of rotatable bonds is 3. The molecule has 1 amide bonds. The molecular weight excluding hydrogens is 252 g/mol. The minimum atomic E-state index is -0.181. The fraction of sp³-hybridized carbons (Fsp3) is 0.250. The van der Waals surface area contributed by atoms with Gasteiger partial charge < -0.3 is 10.4 Å². The van der Waals surface area contributed by atoms with Crippen molar-refractivity contribution in [2.24, 2.45) is 0 Å². The molecule has 4 nitrogen and oxygen atoms in total. The van der Waals surface area contributed by atoms with Gasteiger partial charge in [-0.3, -0.25) is 9.78 Å². The Morgan fingerprint density at radius 3 is 2.90 bits per heavy atom. The first-order valence-electron chi connectivity index (χ1n) is 6.75. The third-order valence-corrected chi connectivity index (χ3v) is 3.60. The fourth-order valence-corrected chi connectivity index (χ4v) is 2.56. The highest BCUT2D eigenvalue weighted by Gasteiger charge is 2.12. The van der Waals surface area contributed by atoms with Crippen LogP contribution in [0.3, 0.4) is 0 Å². The summed E-state index contributed by atoms with van der Waals surface area (Å²) in [5.74, 6) is -0.181.